The first-order valence-corrected chi connectivity index (χ1v) is 11.0. The average molecular weight is 443 g/mol. The maximum atomic E-state index is 12.0. The molecule has 168 valence electrons. The molecule has 1 atom stereocenters. The van der Waals surface area contributed by atoms with Crippen LogP contribution in [0.15, 0.2) is 89.5 Å². The van der Waals surface area contributed by atoms with Crippen molar-refractivity contribution >= 4 is 5.97 Å². The molecule has 33 heavy (non-hydrogen) atoms. The molecule has 0 saturated carbocycles. The van der Waals surface area contributed by atoms with Gasteiger partial charge >= 0.3 is 5.97 Å². The number of esters is 1. The molecule has 0 amide bonds. The van der Waals surface area contributed by atoms with Crippen molar-refractivity contribution in [2.75, 3.05) is 0 Å². The second-order valence-electron chi connectivity index (χ2n) is 7.80. The van der Waals surface area contributed by atoms with Crippen molar-refractivity contribution in [3.05, 3.63) is 102 Å². The van der Waals surface area contributed by atoms with Crippen molar-refractivity contribution in [1.82, 2.24) is 10.1 Å². The summed E-state index contributed by atoms with van der Waals surface area (Å²) in [5.41, 5.74) is 3.01. The van der Waals surface area contributed by atoms with Crippen molar-refractivity contribution < 1.29 is 18.8 Å². The number of rotatable bonds is 10. The summed E-state index contributed by atoms with van der Waals surface area (Å²) in [5.74, 6) is 1.36. The second kappa shape index (κ2) is 11.1. The van der Waals surface area contributed by atoms with Crippen LogP contribution in [0, 0.1) is 0 Å². The van der Waals surface area contributed by atoms with Gasteiger partial charge < -0.3 is 14.0 Å². The van der Waals surface area contributed by atoms with Gasteiger partial charge in [-0.1, -0.05) is 65.8 Å². The van der Waals surface area contributed by atoms with Gasteiger partial charge in [0.2, 0.25) is 11.7 Å². The molecule has 0 radical (unpaired) electrons. The largest absolute Gasteiger partial charge is 0.490 e. The highest BCUT2D eigenvalue weighted by atomic mass is 16.5. The first-order valence-electron chi connectivity index (χ1n) is 11.0. The quantitative estimate of drug-likeness (QED) is 0.305. The molecule has 3 aromatic carbocycles. The van der Waals surface area contributed by atoms with E-state index in [2.05, 4.69) is 29.2 Å². The molecule has 0 fully saturated rings. The van der Waals surface area contributed by atoms with Crippen LogP contribution in [0.1, 0.15) is 30.4 Å². The summed E-state index contributed by atoms with van der Waals surface area (Å²) in [6.07, 6.45) is 1.40. The number of nitrogens with zero attached hydrogens (tertiary/aromatic N) is 2. The topological polar surface area (TPSA) is 74.5 Å². The summed E-state index contributed by atoms with van der Waals surface area (Å²) in [5, 5.41) is 4.03. The van der Waals surface area contributed by atoms with Crippen LogP contribution in [0.25, 0.3) is 11.4 Å². The van der Waals surface area contributed by atoms with Gasteiger partial charge in [0.25, 0.3) is 0 Å². The number of aromatic nitrogens is 2. The minimum atomic E-state index is -0.301. The SMILES string of the molecule is CC(Cc1ccccc1)Oc1ccc(-c2noc(CCC(=O)OCc3ccccc3)n2)cc1. The first-order chi connectivity index (χ1) is 16.2. The highest BCUT2D eigenvalue weighted by Crippen LogP contribution is 2.22. The second-order valence-corrected chi connectivity index (χ2v) is 7.80. The summed E-state index contributed by atoms with van der Waals surface area (Å²) < 4.78 is 16.6. The number of ether oxygens (including phenoxy) is 2. The molecule has 0 bridgehead atoms. The van der Waals surface area contributed by atoms with E-state index in [9.17, 15) is 4.79 Å². The Morgan fingerprint density at radius 3 is 2.27 bits per heavy atom. The molecule has 1 unspecified atom stereocenters. The predicted octanol–water partition coefficient (Wildman–Crippen LogP) is 5.42. The van der Waals surface area contributed by atoms with E-state index in [1.54, 1.807) is 0 Å². The van der Waals surface area contributed by atoms with Crippen LogP contribution >= 0.6 is 0 Å². The molecule has 4 rings (SSSR count). The Kier molecular flexibility index (Phi) is 7.48. The van der Waals surface area contributed by atoms with Crippen LogP contribution in [-0.4, -0.2) is 22.2 Å². The van der Waals surface area contributed by atoms with Gasteiger partial charge in [0, 0.05) is 18.4 Å². The third kappa shape index (κ3) is 6.77. The predicted molar refractivity (Wildman–Crippen MR) is 125 cm³/mol. The fourth-order valence-electron chi connectivity index (χ4n) is 3.40. The van der Waals surface area contributed by atoms with E-state index in [-0.39, 0.29) is 25.1 Å². The van der Waals surface area contributed by atoms with Crippen molar-refractivity contribution in [1.29, 1.82) is 0 Å². The van der Waals surface area contributed by atoms with E-state index in [1.807, 2.05) is 72.8 Å². The van der Waals surface area contributed by atoms with Gasteiger partial charge in [0.05, 0.1) is 12.5 Å². The van der Waals surface area contributed by atoms with E-state index in [4.69, 9.17) is 14.0 Å². The monoisotopic (exact) mass is 442 g/mol. The average Bonchev–Trinajstić information content (AvgIpc) is 3.32. The Balaban J connectivity index is 1.25. The fourth-order valence-corrected chi connectivity index (χ4v) is 3.40. The van der Waals surface area contributed by atoms with Crippen molar-refractivity contribution in [2.45, 2.75) is 38.9 Å². The third-order valence-corrected chi connectivity index (χ3v) is 5.07. The lowest BCUT2D eigenvalue weighted by molar-refractivity contribution is -0.145. The van der Waals surface area contributed by atoms with Gasteiger partial charge in [-0.05, 0) is 42.3 Å². The highest BCUT2D eigenvalue weighted by molar-refractivity contribution is 5.69. The first kappa shape index (κ1) is 22.3. The van der Waals surface area contributed by atoms with E-state index in [0.29, 0.717) is 18.1 Å². The lowest BCUT2D eigenvalue weighted by atomic mass is 10.1. The Labute approximate surface area is 193 Å². The van der Waals surface area contributed by atoms with Gasteiger partial charge in [-0.25, -0.2) is 0 Å². The molecule has 0 N–H and O–H groups in total. The van der Waals surface area contributed by atoms with Crippen LogP contribution in [-0.2, 0) is 29.0 Å². The Morgan fingerprint density at radius 1 is 0.909 bits per heavy atom. The van der Waals surface area contributed by atoms with Crippen LogP contribution in [0.5, 0.6) is 5.75 Å². The van der Waals surface area contributed by atoms with Gasteiger partial charge in [-0.2, -0.15) is 4.98 Å². The Bertz CT molecular complexity index is 1140. The summed E-state index contributed by atoms with van der Waals surface area (Å²) in [7, 11) is 0. The van der Waals surface area contributed by atoms with Crippen molar-refractivity contribution in [3.63, 3.8) is 0 Å². The standard InChI is InChI=1S/C27H26N2O4/c1-20(18-21-8-4-2-5-9-21)32-24-14-12-23(13-15-24)27-28-25(33-29-27)16-17-26(30)31-19-22-10-6-3-7-11-22/h2-15,20H,16-19H2,1H3. The molecule has 4 aromatic rings. The number of hydrogen-bond donors (Lipinski definition) is 0. The van der Waals surface area contributed by atoms with Gasteiger partial charge in [-0.15, -0.1) is 0 Å². The van der Waals surface area contributed by atoms with E-state index >= 15 is 0 Å². The fraction of sp³-hybridized carbons (Fsp3) is 0.222. The molecule has 0 aliphatic rings. The molecule has 0 aliphatic carbocycles. The van der Waals surface area contributed by atoms with Gasteiger partial charge in [0.1, 0.15) is 12.4 Å². The lowest BCUT2D eigenvalue weighted by Crippen LogP contribution is -2.14. The smallest absolute Gasteiger partial charge is 0.306 e. The number of benzene rings is 3. The maximum absolute atomic E-state index is 12.0. The molecule has 1 aromatic heterocycles. The molecular formula is C27H26N2O4. The zero-order valence-corrected chi connectivity index (χ0v) is 18.5. The molecule has 6 heteroatoms. The summed E-state index contributed by atoms with van der Waals surface area (Å²) >= 11 is 0. The lowest BCUT2D eigenvalue weighted by Gasteiger charge is -2.15. The molecule has 0 saturated heterocycles. The minimum Gasteiger partial charge on any atom is -0.490 e. The van der Waals surface area contributed by atoms with Crippen LogP contribution in [0.2, 0.25) is 0 Å². The maximum Gasteiger partial charge on any atom is 0.306 e. The minimum absolute atomic E-state index is 0.0525. The van der Waals surface area contributed by atoms with Gasteiger partial charge in [-0.3, -0.25) is 4.79 Å². The number of hydrogen-bond acceptors (Lipinski definition) is 6. The number of carbonyl (C=O) groups excluding carboxylic acids is 1. The molecular weight excluding hydrogens is 416 g/mol. The van der Waals surface area contributed by atoms with Crippen LogP contribution < -0.4 is 4.74 Å². The Morgan fingerprint density at radius 2 is 1.58 bits per heavy atom. The summed E-state index contributed by atoms with van der Waals surface area (Å²) in [6.45, 7) is 2.31. The highest BCUT2D eigenvalue weighted by Gasteiger charge is 2.12. The van der Waals surface area contributed by atoms with Gasteiger partial charge in [0.15, 0.2) is 0 Å². The van der Waals surface area contributed by atoms with Crippen LogP contribution in [0.4, 0.5) is 0 Å². The Hall–Kier alpha value is -3.93. The number of aryl methyl sites for hydroxylation is 1. The van der Waals surface area contributed by atoms with E-state index < -0.39 is 0 Å². The summed E-state index contributed by atoms with van der Waals surface area (Å²) in [6, 6.07) is 27.4. The zero-order chi connectivity index (χ0) is 22.9. The van der Waals surface area contributed by atoms with Crippen LogP contribution in [0.3, 0.4) is 0 Å². The number of carbonyl (C=O) groups is 1. The molecule has 1 heterocycles. The molecule has 0 aliphatic heterocycles. The van der Waals surface area contributed by atoms with Crippen molar-refractivity contribution in [3.8, 4) is 17.1 Å². The normalized spacial score (nSPS) is 11.7. The van der Waals surface area contributed by atoms with E-state index in [1.165, 1.54) is 5.56 Å². The molecule has 0 spiro atoms. The summed E-state index contributed by atoms with van der Waals surface area (Å²) in [4.78, 5) is 16.4. The molecule has 6 nitrogen and oxygen atoms in total. The van der Waals surface area contributed by atoms with Crippen molar-refractivity contribution in [2.24, 2.45) is 0 Å². The van der Waals surface area contributed by atoms with E-state index in [0.717, 1.165) is 23.3 Å². The zero-order valence-electron chi connectivity index (χ0n) is 18.5. The third-order valence-electron chi connectivity index (χ3n) is 5.07.